The number of methoxy groups -OCH3 is 1. The number of rotatable bonds is 4. The summed E-state index contributed by atoms with van der Waals surface area (Å²) in [6.45, 7) is 0.378. The number of nitro benzene ring substituents is 1. The molecule has 0 amide bonds. The molecule has 28 heavy (non-hydrogen) atoms. The van der Waals surface area contributed by atoms with Crippen LogP contribution < -0.4 is 4.90 Å². The minimum atomic E-state index is -4.41. The van der Waals surface area contributed by atoms with Crippen LogP contribution in [0.25, 0.3) is 0 Å². The van der Waals surface area contributed by atoms with E-state index >= 15 is 0 Å². The van der Waals surface area contributed by atoms with Crippen molar-refractivity contribution in [3.05, 3.63) is 69.8 Å². The Bertz CT molecular complexity index is 866. The van der Waals surface area contributed by atoms with E-state index < -0.39 is 28.7 Å². The van der Waals surface area contributed by atoms with E-state index in [4.69, 9.17) is 4.74 Å². The number of carbonyl (C=O) groups is 1. The van der Waals surface area contributed by atoms with Crippen LogP contribution in [0.5, 0.6) is 0 Å². The van der Waals surface area contributed by atoms with Crippen molar-refractivity contribution in [2.75, 3.05) is 18.6 Å². The lowest BCUT2D eigenvalue weighted by atomic mass is 9.95. The average Bonchev–Trinajstić information content (AvgIpc) is 3.12. The Kier molecular flexibility index (Phi) is 5.26. The fraction of sp³-hybridized carbons (Fsp3) is 0.316. The molecule has 1 saturated heterocycles. The molecule has 1 heterocycles. The second-order valence-corrected chi connectivity index (χ2v) is 6.52. The van der Waals surface area contributed by atoms with Crippen LogP contribution in [0, 0.1) is 10.1 Å². The summed E-state index contributed by atoms with van der Waals surface area (Å²) in [4.78, 5) is 24.3. The Morgan fingerprint density at radius 2 is 1.75 bits per heavy atom. The third kappa shape index (κ3) is 3.92. The van der Waals surface area contributed by atoms with Crippen LogP contribution in [-0.4, -0.2) is 30.6 Å². The van der Waals surface area contributed by atoms with Crippen molar-refractivity contribution in [3.8, 4) is 0 Å². The van der Waals surface area contributed by atoms with Gasteiger partial charge in [-0.05, 0) is 36.2 Å². The minimum absolute atomic E-state index is 0.0724. The lowest BCUT2D eigenvalue weighted by Crippen LogP contribution is -2.36. The van der Waals surface area contributed by atoms with Crippen molar-refractivity contribution in [1.82, 2.24) is 0 Å². The third-order valence-electron chi connectivity index (χ3n) is 4.88. The summed E-state index contributed by atoms with van der Waals surface area (Å²) in [5.41, 5.74) is 0.490. The molecule has 148 valence electrons. The first kappa shape index (κ1) is 19.7. The number of esters is 1. The number of nitro groups is 1. The molecule has 2 atom stereocenters. The first-order valence-electron chi connectivity index (χ1n) is 8.47. The third-order valence-corrected chi connectivity index (χ3v) is 4.88. The summed E-state index contributed by atoms with van der Waals surface area (Å²) < 4.78 is 43.2. The van der Waals surface area contributed by atoms with Gasteiger partial charge in [0.05, 0.1) is 17.6 Å². The molecule has 0 aliphatic carbocycles. The zero-order valence-corrected chi connectivity index (χ0v) is 14.8. The number of alkyl halides is 3. The van der Waals surface area contributed by atoms with Gasteiger partial charge in [0.2, 0.25) is 0 Å². The van der Waals surface area contributed by atoms with Crippen molar-refractivity contribution in [2.24, 2.45) is 0 Å². The number of carbonyl (C=O) groups excluding carboxylic acids is 1. The van der Waals surface area contributed by atoms with Crippen molar-refractivity contribution >= 4 is 17.3 Å². The standard InChI is InChI=1S/C19H17F3N2O4/c1-28-18(25)17-10-13(12-2-4-14(5-3-12)19(20,21)22)11-23(17)15-6-8-16(9-7-15)24(26)27/h2-9,13,17H,10-11H2,1H3/t13?,17-/m1/s1. The van der Waals surface area contributed by atoms with Gasteiger partial charge in [-0.1, -0.05) is 12.1 Å². The number of nitrogens with zero attached hydrogens (tertiary/aromatic N) is 2. The fourth-order valence-electron chi connectivity index (χ4n) is 3.43. The molecule has 1 unspecified atom stereocenters. The number of ether oxygens (including phenoxy) is 1. The van der Waals surface area contributed by atoms with E-state index in [1.165, 1.54) is 31.4 Å². The van der Waals surface area contributed by atoms with Crippen molar-refractivity contribution < 1.29 is 27.6 Å². The van der Waals surface area contributed by atoms with Gasteiger partial charge >= 0.3 is 12.1 Å². The molecule has 0 N–H and O–H groups in total. The molecule has 1 fully saturated rings. The molecule has 0 aromatic heterocycles. The predicted octanol–water partition coefficient (Wildman–Crippen LogP) is 4.15. The highest BCUT2D eigenvalue weighted by Gasteiger charge is 2.39. The van der Waals surface area contributed by atoms with Crippen LogP contribution in [0.4, 0.5) is 24.5 Å². The van der Waals surface area contributed by atoms with Gasteiger partial charge in [-0.15, -0.1) is 0 Å². The molecule has 6 nitrogen and oxygen atoms in total. The smallest absolute Gasteiger partial charge is 0.416 e. The fourth-order valence-corrected chi connectivity index (χ4v) is 3.43. The lowest BCUT2D eigenvalue weighted by Gasteiger charge is -2.24. The van der Waals surface area contributed by atoms with E-state index in [1.807, 2.05) is 0 Å². The van der Waals surface area contributed by atoms with Gasteiger partial charge in [0.15, 0.2) is 0 Å². The second-order valence-electron chi connectivity index (χ2n) is 6.52. The van der Waals surface area contributed by atoms with Crippen LogP contribution in [0.1, 0.15) is 23.5 Å². The minimum Gasteiger partial charge on any atom is -0.467 e. The highest BCUT2D eigenvalue weighted by atomic mass is 19.4. The van der Waals surface area contributed by atoms with Crippen molar-refractivity contribution in [1.29, 1.82) is 0 Å². The van der Waals surface area contributed by atoms with Gasteiger partial charge in [-0.2, -0.15) is 13.2 Å². The molecule has 3 rings (SSSR count). The lowest BCUT2D eigenvalue weighted by molar-refractivity contribution is -0.384. The Morgan fingerprint density at radius 1 is 1.14 bits per heavy atom. The number of hydrogen-bond donors (Lipinski definition) is 0. The maximum atomic E-state index is 12.8. The number of hydrogen-bond acceptors (Lipinski definition) is 5. The highest BCUT2D eigenvalue weighted by Crippen LogP contribution is 2.37. The number of halogens is 3. The molecule has 0 saturated carbocycles. The van der Waals surface area contributed by atoms with Crippen molar-refractivity contribution in [2.45, 2.75) is 24.6 Å². The normalized spacial score (nSPS) is 19.5. The average molecular weight is 394 g/mol. The molecule has 1 aliphatic rings. The highest BCUT2D eigenvalue weighted by molar-refractivity contribution is 5.81. The number of anilines is 1. The summed E-state index contributed by atoms with van der Waals surface area (Å²) >= 11 is 0. The molecule has 2 aromatic carbocycles. The first-order chi connectivity index (χ1) is 13.2. The van der Waals surface area contributed by atoms with E-state index in [9.17, 15) is 28.1 Å². The summed E-state index contributed by atoms with van der Waals surface area (Å²) in [6, 6.07) is 10.0. The maximum absolute atomic E-state index is 12.8. The summed E-state index contributed by atoms with van der Waals surface area (Å²) in [6.07, 6.45) is -4.04. The predicted molar refractivity (Wildman–Crippen MR) is 95.0 cm³/mol. The molecule has 0 spiro atoms. The van der Waals surface area contributed by atoms with Crippen LogP contribution in [0.2, 0.25) is 0 Å². The molecule has 9 heteroatoms. The Hall–Kier alpha value is -3.10. The largest absolute Gasteiger partial charge is 0.467 e. The van der Waals surface area contributed by atoms with Gasteiger partial charge in [0, 0.05) is 30.3 Å². The van der Waals surface area contributed by atoms with E-state index in [2.05, 4.69) is 0 Å². The summed E-state index contributed by atoms with van der Waals surface area (Å²) in [5, 5.41) is 10.8. The van der Waals surface area contributed by atoms with E-state index in [-0.39, 0.29) is 11.6 Å². The van der Waals surface area contributed by atoms with Gasteiger partial charge in [-0.3, -0.25) is 10.1 Å². The molecule has 0 bridgehead atoms. The monoisotopic (exact) mass is 394 g/mol. The molecular formula is C19H17F3N2O4. The maximum Gasteiger partial charge on any atom is 0.416 e. The van der Waals surface area contributed by atoms with Gasteiger partial charge in [0.1, 0.15) is 6.04 Å². The topological polar surface area (TPSA) is 72.7 Å². The van der Waals surface area contributed by atoms with E-state index in [0.717, 1.165) is 12.1 Å². The summed E-state index contributed by atoms with van der Waals surface area (Å²) in [5.74, 6) is -0.644. The SMILES string of the molecule is COC(=O)[C@H]1CC(c2ccc(C(F)(F)F)cc2)CN1c1ccc([N+](=O)[O-])cc1. The molecule has 0 radical (unpaired) electrons. The van der Waals surface area contributed by atoms with Crippen molar-refractivity contribution in [3.63, 3.8) is 0 Å². The molecular weight excluding hydrogens is 377 g/mol. The first-order valence-corrected chi connectivity index (χ1v) is 8.47. The van der Waals surface area contributed by atoms with Gasteiger partial charge in [-0.25, -0.2) is 4.79 Å². The van der Waals surface area contributed by atoms with Gasteiger partial charge < -0.3 is 9.64 Å². The number of benzene rings is 2. The Balaban J connectivity index is 1.86. The Labute approximate surface area is 158 Å². The molecule has 2 aromatic rings. The molecule has 1 aliphatic heterocycles. The van der Waals surface area contributed by atoms with Crippen LogP contribution in [0.3, 0.4) is 0 Å². The van der Waals surface area contributed by atoms with Crippen LogP contribution >= 0.6 is 0 Å². The van der Waals surface area contributed by atoms with Gasteiger partial charge in [0.25, 0.3) is 5.69 Å². The summed E-state index contributed by atoms with van der Waals surface area (Å²) in [7, 11) is 1.27. The number of non-ortho nitro benzene ring substituents is 1. The van der Waals surface area contributed by atoms with E-state index in [1.54, 1.807) is 17.0 Å². The Morgan fingerprint density at radius 3 is 2.25 bits per heavy atom. The second kappa shape index (κ2) is 7.49. The van der Waals surface area contributed by atoms with E-state index in [0.29, 0.717) is 24.2 Å². The quantitative estimate of drug-likeness (QED) is 0.443. The zero-order chi connectivity index (χ0) is 20.5. The van der Waals surface area contributed by atoms with Crippen LogP contribution in [0.15, 0.2) is 48.5 Å². The zero-order valence-electron chi connectivity index (χ0n) is 14.8. The van der Waals surface area contributed by atoms with Crippen LogP contribution in [-0.2, 0) is 15.7 Å².